The van der Waals surface area contributed by atoms with Crippen LogP contribution in [0.15, 0.2) is 0 Å². The summed E-state index contributed by atoms with van der Waals surface area (Å²) in [6.45, 7) is 17.5. The van der Waals surface area contributed by atoms with Gasteiger partial charge < -0.3 is 0 Å². The molecule has 0 N–H and O–H groups in total. The van der Waals surface area contributed by atoms with Gasteiger partial charge in [0.1, 0.15) is 0 Å². The van der Waals surface area contributed by atoms with Crippen molar-refractivity contribution in [2.75, 3.05) is 0 Å². The van der Waals surface area contributed by atoms with Gasteiger partial charge in [-0.2, -0.15) is 0 Å². The van der Waals surface area contributed by atoms with Crippen molar-refractivity contribution >= 4 is 0 Å². The Morgan fingerprint density at radius 3 is 0.786 bits per heavy atom. The topological polar surface area (TPSA) is 0 Å². The van der Waals surface area contributed by atoms with E-state index in [4.69, 9.17) is 0 Å². The van der Waals surface area contributed by atoms with Crippen LogP contribution in [0.4, 0.5) is 0 Å². The van der Waals surface area contributed by atoms with Crippen LogP contribution in [0.1, 0.15) is 34.6 Å². The molecule has 0 nitrogen and oxygen atoms in total. The third-order valence-corrected chi connectivity index (χ3v) is 2.81. The Kier molecular flexibility index (Phi) is 9.37. The van der Waals surface area contributed by atoms with Crippen LogP contribution >= 0.6 is 0 Å². The molecule has 1 aliphatic rings. The molecule has 0 amide bonds. The van der Waals surface area contributed by atoms with E-state index in [1.165, 1.54) is 36.0 Å². The molecule has 1 rings (SSSR count). The molecule has 0 aromatic rings. The van der Waals surface area contributed by atoms with Gasteiger partial charge >= 0.3 is 16.8 Å². The minimum Gasteiger partial charge on any atom is -0.0579 e. The number of rotatable bonds is 0. The first-order chi connectivity index (χ1) is 5.97. The van der Waals surface area contributed by atoms with E-state index >= 15 is 0 Å². The number of hydrogen-bond donors (Lipinski definition) is 0. The summed E-state index contributed by atoms with van der Waals surface area (Å²) < 4.78 is 0. The molecule has 9 radical (unpaired) electrons. The van der Waals surface area contributed by atoms with Crippen molar-refractivity contribution in [2.45, 2.75) is 34.6 Å². The number of hydrogen-bond acceptors (Lipinski definition) is 0. The Labute approximate surface area is 101 Å². The summed E-state index contributed by atoms with van der Waals surface area (Å²) in [6, 6.07) is 0. The van der Waals surface area contributed by atoms with Gasteiger partial charge in [0.05, 0.1) is 0 Å². The second kappa shape index (κ2) is 7.75. The summed E-state index contributed by atoms with van der Waals surface area (Å²) in [7, 11) is 0. The monoisotopic (exact) mass is 235 g/mol. The average molecular weight is 235 g/mol. The van der Waals surface area contributed by atoms with Crippen LogP contribution < -0.4 is 0 Å². The van der Waals surface area contributed by atoms with Gasteiger partial charge in [0, 0.05) is 0 Å². The fraction of sp³-hybridized carbons (Fsp3) is 0.385. The SMILES string of the molecule is C[C]1[C](C)[C](C)[C](C)[C]1C.[CH2][CH][CH2].[Co+2]. The van der Waals surface area contributed by atoms with Crippen molar-refractivity contribution < 1.29 is 16.8 Å². The van der Waals surface area contributed by atoms with E-state index < -0.39 is 0 Å². The molecule has 14 heavy (non-hydrogen) atoms. The second-order valence-electron chi connectivity index (χ2n) is 3.41. The van der Waals surface area contributed by atoms with Gasteiger partial charge in [-0.3, -0.25) is 0 Å². The van der Waals surface area contributed by atoms with Crippen LogP contribution in [0.3, 0.4) is 0 Å². The van der Waals surface area contributed by atoms with Gasteiger partial charge in [0.25, 0.3) is 0 Å². The van der Waals surface area contributed by atoms with Crippen LogP contribution in [0, 0.1) is 49.9 Å². The third-order valence-electron chi connectivity index (χ3n) is 2.81. The maximum atomic E-state index is 3.25. The van der Waals surface area contributed by atoms with Gasteiger partial charge in [-0.05, 0) is 49.9 Å². The summed E-state index contributed by atoms with van der Waals surface area (Å²) >= 11 is 0. The van der Waals surface area contributed by atoms with E-state index in [-0.39, 0.29) is 16.8 Å². The standard InChI is InChI=1S/C10H15.C3H5.Co/c1-6-7(2)9(4)10(5)8(6)3;1-3-2;/h1-5H3;3H,1-2H2;/q;;+2. The Balaban J connectivity index is 0. The van der Waals surface area contributed by atoms with Crippen LogP contribution in [0.5, 0.6) is 0 Å². The third kappa shape index (κ3) is 3.94. The van der Waals surface area contributed by atoms with E-state index in [0.717, 1.165) is 0 Å². The fourth-order valence-electron chi connectivity index (χ4n) is 1.41. The van der Waals surface area contributed by atoms with Crippen molar-refractivity contribution in [3.63, 3.8) is 0 Å². The van der Waals surface area contributed by atoms with Crippen molar-refractivity contribution in [3.05, 3.63) is 49.9 Å². The van der Waals surface area contributed by atoms with E-state index in [9.17, 15) is 0 Å². The Bertz CT molecular complexity index is 88.4. The minimum atomic E-state index is 0. The van der Waals surface area contributed by atoms with Crippen LogP contribution in [-0.4, -0.2) is 0 Å². The predicted molar refractivity (Wildman–Crippen MR) is 59.6 cm³/mol. The Hall–Kier alpha value is 0.506. The van der Waals surface area contributed by atoms with Crippen LogP contribution in [0.25, 0.3) is 0 Å². The average Bonchev–Trinajstić information content (AvgIpc) is 2.25. The molecule has 0 spiro atoms. The maximum absolute atomic E-state index is 3.25. The zero-order valence-electron chi connectivity index (χ0n) is 9.82. The molecule has 1 aliphatic carbocycles. The molecule has 0 heterocycles. The summed E-state index contributed by atoms with van der Waals surface area (Å²) in [4.78, 5) is 0. The van der Waals surface area contributed by atoms with Crippen molar-refractivity contribution in [3.8, 4) is 0 Å². The van der Waals surface area contributed by atoms with E-state index in [1.54, 1.807) is 0 Å². The van der Waals surface area contributed by atoms with Crippen molar-refractivity contribution in [2.24, 2.45) is 0 Å². The first kappa shape index (κ1) is 16.9. The molecule has 0 unspecified atom stereocenters. The molecule has 0 aromatic carbocycles. The summed E-state index contributed by atoms with van der Waals surface area (Å²) in [5, 5.41) is 0. The van der Waals surface area contributed by atoms with E-state index in [1.807, 2.05) is 0 Å². The molecular weight excluding hydrogens is 215 g/mol. The minimum absolute atomic E-state index is 0. The molecule has 0 aromatic heterocycles. The molecular formula is C13H20Co+2. The predicted octanol–water partition coefficient (Wildman–Crippen LogP) is 3.83. The molecule has 1 fully saturated rings. The molecule has 0 aliphatic heterocycles. The smallest absolute Gasteiger partial charge is 0.0579 e. The van der Waals surface area contributed by atoms with Crippen molar-refractivity contribution in [1.29, 1.82) is 0 Å². The molecule has 1 heteroatoms. The van der Waals surface area contributed by atoms with Gasteiger partial charge in [0.2, 0.25) is 0 Å². The van der Waals surface area contributed by atoms with E-state index in [0.29, 0.717) is 0 Å². The van der Waals surface area contributed by atoms with Crippen LogP contribution in [-0.2, 0) is 16.8 Å². The Morgan fingerprint density at radius 2 is 0.714 bits per heavy atom. The zero-order valence-corrected chi connectivity index (χ0v) is 10.9. The normalized spacial score (nSPS) is 21.6. The largest absolute Gasteiger partial charge is 2.00 e. The quantitative estimate of drug-likeness (QED) is 0.598. The van der Waals surface area contributed by atoms with E-state index in [2.05, 4.69) is 48.5 Å². The maximum Gasteiger partial charge on any atom is 2.00 e. The zero-order chi connectivity index (χ0) is 10.6. The van der Waals surface area contributed by atoms with Crippen LogP contribution in [0.2, 0.25) is 0 Å². The summed E-state index contributed by atoms with van der Waals surface area (Å²) in [5.41, 5.74) is 0. The van der Waals surface area contributed by atoms with Gasteiger partial charge in [0.15, 0.2) is 0 Å². The molecule has 0 atom stereocenters. The second-order valence-corrected chi connectivity index (χ2v) is 3.41. The Morgan fingerprint density at radius 1 is 0.643 bits per heavy atom. The van der Waals surface area contributed by atoms with Crippen molar-refractivity contribution in [1.82, 2.24) is 0 Å². The molecule has 0 bridgehead atoms. The van der Waals surface area contributed by atoms with Gasteiger partial charge in [-0.1, -0.05) is 34.6 Å². The van der Waals surface area contributed by atoms with Gasteiger partial charge in [-0.25, -0.2) is 0 Å². The van der Waals surface area contributed by atoms with Gasteiger partial charge in [-0.15, -0.1) is 0 Å². The first-order valence-corrected chi connectivity index (χ1v) is 4.57. The first-order valence-electron chi connectivity index (χ1n) is 4.57. The molecule has 1 saturated carbocycles. The molecule has 0 saturated heterocycles. The fourth-order valence-corrected chi connectivity index (χ4v) is 1.41. The summed E-state index contributed by atoms with van der Waals surface area (Å²) in [6.07, 6.45) is 1.50. The summed E-state index contributed by atoms with van der Waals surface area (Å²) in [5.74, 6) is 7.34. The molecule has 79 valence electrons.